The zero-order chi connectivity index (χ0) is 13.2. The highest BCUT2D eigenvalue weighted by Gasteiger charge is 2.20. The lowest BCUT2D eigenvalue weighted by atomic mass is 10.1. The van der Waals surface area contributed by atoms with E-state index in [0.717, 1.165) is 9.35 Å². The van der Waals surface area contributed by atoms with Gasteiger partial charge in [-0.3, -0.25) is 4.79 Å². The fourth-order valence-corrected chi connectivity index (χ4v) is 3.44. The van der Waals surface area contributed by atoms with Crippen molar-refractivity contribution in [2.45, 2.75) is 6.42 Å². The molecule has 0 saturated carbocycles. The van der Waals surface area contributed by atoms with Gasteiger partial charge >= 0.3 is 0 Å². The molecule has 0 amide bonds. The first-order chi connectivity index (χ1) is 9.24. The van der Waals surface area contributed by atoms with Gasteiger partial charge in [-0.25, -0.2) is 0 Å². The molecule has 0 saturated heterocycles. The van der Waals surface area contributed by atoms with Crippen molar-refractivity contribution in [3.63, 3.8) is 0 Å². The maximum absolute atomic E-state index is 12.4. The van der Waals surface area contributed by atoms with Crippen LogP contribution < -0.4 is 9.47 Å². The quantitative estimate of drug-likeness (QED) is 0.800. The molecule has 0 bridgehead atoms. The Morgan fingerprint density at radius 1 is 1.32 bits per heavy atom. The number of hydrogen-bond acceptors (Lipinski definition) is 4. The van der Waals surface area contributed by atoms with Crippen molar-refractivity contribution in [1.82, 2.24) is 0 Å². The number of ether oxygens (including phenoxy) is 2. The predicted octanol–water partition coefficient (Wildman–Crippen LogP) is 3.71. The van der Waals surface area contributed by atoms with Gasteiger partial charge in [0.25, 0.3) is 0 Å². The Labute approximate surface area is 123 Å². The van der Waals surface area contributed by atoms with Gasteiger partial charge in [0.15, 0.2) is 17.3 Å². The molecule has 3 nitrogen and oxygen atoms in total. The topological polar surface area (TPSA) is 35.5 Å². The molecule has 0 radical (unpaired) electrons. The number of carbonyl (C=O) groups is 1. The average molecular weight is 339 g/mol. The molecule has 0 unspecified atom stereocenters. The Hall–Kier alpha value is -1.33. The third-order valence-electron chi connectivity index (χ3n) is 2.82. The van der Waals surface area contributed by atoms with Gasteiger partial charge in [-0.2, -0.15) is 0 Å². The van der Waals surface area contributed by atoms with E-state index in [0.29, 0.717) is 36.7 Å². The number of ketones is 1. The summed E-state index contributed by atoms with van der Waals surface area (Å²) in [5.41, 5.74) is 0.599. The van der Waals surface area contributed by atoms with Crippen LogP contribution in [0.5, 0.6) is 11.5 Å². The number of rotatable bonds is 3. The van der Waals surface area contributed by atoms with Crippen LogP contribution in [0.1, 0.15) is 15.2 Å². The molecule has 0 fully saturated rings. The van der Waals surface area contributed by atoms with Crippen LogP contribution in [0.25, 0.3) is 0 Å². The third-order valence-corrected chi connectivity index (χ3v) is 4.52. The van der Waals surface area contributed by atoms with E-state index in [9.17, 15) is 4.79 Å². The molecule has 5 heteroatoms. The van der Waals surface area contributed by atoms with Crippen LogP contribution in [0.3, 0.4) is 0 Å². The van der Waals surface area contributed by atoms with Gasteiger partial charge < -0.3 is 9.47 Å². The van der Waals surface area contributed by atoms with E-state index in [-0.39, 0.29) is 5.78 Å². The SMILES string of the molecule is O=C(Cc1cc(Br)cs1)c1cccc2c1OCCO2. The molecular weight excluding hydrogens is 328 g/mol. The normalized spacial score (nSPS) is 13.3. The zero-order valence-corrected chi connectivity index (χ0v) is 12.4. The minimum Gasteiger partial charge on any atom is -0.486 e. The minimum absolute atomic E-state index is 0.0525. The summed E-state index contributed by atoms with van der Waals surface area (Å²) in [6.07, 6.45) is 0.385. The molecule has 0 aliphatic carbocycles. The highest BCUT2D eigenvalue weighted by Crippen LogP contribution is 2.34. The molecule has 1 aliphatic heterocycles. The van der Waals surface area contributed by atoms with Crippen LogP contribution in [0.2, 0.25) is 0 Å². The van der Waals surface area contributed by atoms with Crippen LogP contribution in [-0.4, -0.2) is 19.0 Å². The standard InChI is InChI=1S/C14H11BrO3S/c15-9-6-10(19-8-9)7-12(16)11-2-1-3-13-14(11)18-5-4-17-13/h1-3,6,8H,4-5,7H2. The highest BCUT2D eigenvalue weighted by molar-refractivity contribution is 9.10. The van der Waals surface area contributed by atoms with Gasteiger partial charge in [0, 0.05) is 21.2 Å². The molecule has 19 heavy (non-hydrogen) atoms. The average Bonchev–Trinajstić information content (AvgIpc) is 2.83. The number of hydrogen-bond donors (Lipinski definition) is 0. The van der Waals surface area contributed by atoms with E-state index in [2.05, 4.69) is 15.9 Å². The van der Waals surface area contributed by atoms with Gasteiger partial charge in [-0.15, -0.1) is 11.3 Å². The second kappa shape index (κ2) is 5.35. The second-order valence-electron chi connectivity index (χ2n) is 4.16. The van der Waals surface area contributed by atoms with Crippen LogP contribution in [0.4, 0.5) is 0 Å². The summed E-state index contributed by atoms with van der Waals surface area (Å²) in [6, 6.07) is 7.41. The minimum atomic E-state index is 0.0525. The van der Waals surface area contributed by atoms with Gasteiger partial charge in [0.05, 0.1) is 5.56 Å². The first kappa shape index (κ1) is 12.7. The number of thiophene rings is 1. The monoisotopic (exact) mass is 338 g/mol. The van der Waals surface area contributed by atoms with Crippen molar-refractivity contribution >= 4 is 33.0 Å². The van der Waals surface area contributed by atoms with Crippen molar-refractivity contribution in [3.05, 3.63) is 44.6 Å². The first-order valence-corrected chi connectivity index (χ1v) is 7.56. The van der Waals surface area contributed by atoms with E-state index in [4.69, 9.17) is 9.47 Å². The van der Waals surface area contributed by atoms with Crippen LogP contribution in [0.15, 0.2) is 34.1 Å². The van der Waals surface area contributed by atoms with Crippen LogP contribution in [0, 0.1) is 0 Å². The van der Waals surface area contributed by atoms with Crippen molar-refractivity contribution in [2.24, 2.45) is 0 Å². The summed E-state index contributed by atoms with van der Waals surface area (Å²) in [5, 5.41) is 1.97. The number of Topliss-reactive ketones (excluding diaryl/α,β-unsaturated/α-hetero) is 1. The van der Waals surface area contributed by atoms with E-state index < -0.39 is 0 Å². The Morgan fingerprint density at radius 2 is 2.16 bits per heavy atom. The Morgan fingerprint density at radius 3 is 2.95 bits per heavy atom. The van der Waals surface area contributed by atoms with Crippen molar-refractivity contribution < 1.29 is 14.3 Å². The van der Waals surface area contributed by atoms with E-state index in [1.165, 1.54) is 0 Å². The molecule has 2 heterocycles. The molecule has 2 aromatic rings. The Bertz CT molecular complexity index is 621. The molecule has 1 aromatic heterocycles. The van der Waals surface area contributed by atoms with Crippen molar-refractivity contribution in [3.8, 4) is 11.5 Å². The number of para-hydroxylation sites is 1. The largest absolute Gasteiger partial charge is 0.486 e. The van der Waals surface area contributed by atoms with E-state index >= 15 is 0 Å². The Balaban J connectivity index is 1.87. The van der Waals surface area contributed by atoms with Crippen LogP contribution in [-0.2, 0) is 6.42 Å². The fraction of sp³-hybridized carbons (Fsp3) is 0.214. The molecule has 98 valence electrons. The predicted molar refractivity (Wildman–Crippen MR) is 77.5 cm³/mol. The van der Waals surface area contributed by atoms with Crippen LogP contribution >= 0.6 is 27.3 Å². The lowest BCUT2D eigenvalue weighted by Crippen LogP contribution is -2.18. The van der Waals surface area contributed by atoms with Crippen molar-refractivity contribution in [2.75, 3.05) is 13.2 Å². The summed E-state index contributed by atoms with van der Waals surface area (Å²) < 4.78 is 12.1. The maximum Gasteiger partial charge on any atom is 0.172 e. The fourth-order valence-electron chi connectivity index (χ4n) is 1.99. The molecule has 0 N–H and O–H groups in total. The van der Waals surface area contributed by atoms with E-state index in [1.54, 1.807) is 17.4 Å². The third kappa shape index (κ3) is 2.67. The smallest absolute Gasteiger partial charge is 0.172 e. The Kier molecular flexibility index (Phi) is 3.57. The molecule has 1 aliphatic rings. The number of fused-ring (bicyclic) bond motifs is 1. The van der Waals surface area contributed by atoms with Gasteiger partial charge in [-0.1, -0.05) is 6.07 Å². The zero-order valence-electron chi connectivity index (χ0n) is 10.0. The second-order valence-corrected chi connectivity index (χ2v) is 6.07. The molecule has 1 aromatic carbocycles. The van der Waals surface area contributed by atoms with Gasteiger partial charge in [0.2, 0.25) is 0 Å². The molecule has 0 spiro atoms. The van der Waals surface area contributed by atoms with Gasteiger partial charge in [0.1, 0.15) is 13.2 Å². The molecule has 0 atom stereocenters. The first-order valence-electron chi connectivity index (χ1n) is 5.89. The number of benzene rings is 1. The molecule has 3 rings (SSSR count). The van der Waals surface area contributed by atoms with Crippen molar-refractivity contribution in [1.29, 1.82) is 0 Å². The summed E-state index contributed by atoms with van der Waals surface area (Å²) in [4.78, 5) is 13.4. The lowest BCUT2D eigenvalue weighted by molar-refractivity contribution is 0.0982. The van der Waals surface area contributed by atoms with Gasteiger partial charge in [-0.05, 0) is 34.1 Å². The lowest BCUT2D eigenvalue weighted by Gasteiger charge is -2.20. The summed E-state index contributed by atoms with van der Waals surface area (Å²) >= 11 is 4.96. The summed E-state index contributed by atoms with van der Waals surface area (Å²) in [5.74, 6) is 1.29. The number of halogens is 1. The highest BCUT2D eigenvalue weighted by atomic mass is 79.9. The maximum atomic E-state index is 12.4. The summed E-state index contributed by atoms with van der Waals surface area (Å²) in [6.45, 7) is 1.02. The summed E-state index contributed by atoms with van der Waals surface area (Å²) in [7, 11) is 0. The number of carbonyl (C=O) groups excluding carboxylic acids is 1. The molecular formula is C14H11BrO3S. The van der Waals surface area contributed by atoms with E-state index in [1.807, 2.05) is 23.6 Å².